The number of benzene rings is 2. The lowest BCUT2D eigenvalue weighted by Gasteiger charge is -2.22. The summed E-state index contributed by atoms with van der Waals surface area (Å²) in [7, 11) is -1.86. The Morgan fingerprint density at radius 1 is 1.19 bits per heavy atom. The molecule has 0 fully saturated rings. The summed E-state index contributed by atoms with van der Waals surface area (Å²) in [6, 6.07) is 12.7. The van der Waals surface area contributed by atoms with Gasteiger partial charge < -0.3 is 10.2 Å². The second kappa shape index (κ2) is 10.6. The van der Waals surface area contributed by atoms with E-state index in [9.17, 15) is 12.8 Å². The number of hydrogen-bond acceptors (Lipinski definition) is 3. The van der Waals surface area contributed by atoms with Crippen LogP contribution in [-0.2, 0) is 23.1 Å². The number of nitrogens with one attached hydrogen (secondary N) is 1. The van der Waals surface area contributed by atoms with E-state index in [4.69, 9.17) is 5.14 Å². The lowest BCUT2D eigenvalue weighted by Crippen LogP contribution is -2.38. The third-order valence-electron chi connectivity index (χ3n) is 3.67. The summed E-state index contributed by atoms with van der Waals surface area (Å²) < 4.78 is 35.9. The van der Waals surface area contributed by atoms with Crippen LogP contribution < -0.4 is 10.5 Å². The van der Waals surface area contributed by atoms with Crippen molar-refractivity contribution < 1.29 is 12.8 Å². The van der Waals surface area contributed by atoms with Crippen LogP contribution in [0.2, 0.25) is 0 Å². The predicted octanol–water partition coefficient (Wildman–Crippen LogP) is 2.69. The van der Waals surface area contributed by atoms with Gasteiger partial charge in [0.2, 0.25) is 10.0 Å². The highest BCUT2D eigenvalue weighted by atomic mass is 127. The molecule has 2 aromatic carbocycles. The second-order valence-corrected chi connectivity index (χ2v) is 7.41. The fraction of sp³-hybridized carbons (Fsp3) is 0.278. The number of hydrogen-bond donors (Lipinski definition) is 2. The van der Waals surface area contributed by atoms with Gasteiger partial charge in [0.1, 0.15) is 5.82 Å². The number of rotatable bonds is 6. The lowest BCUT2D eigenvalue weighted by atomic mass is 10.2. The molecule has 0 aliphatic carbocycles. The summed E-state index contributed by atoms with van der Waals surface area (Å²) in [6.45, 7) is 3.51. The van der Waals surface area contributed by atoms with E-state index in [2.05, 4.69) is 10.3 Å². The van der Waals surface area contributed by atoms with Crippen molar-refractivity contribution in [3.05, 3.63) is 65.5 Å². The van der Waals surface area contributed by atoms with Crippen molar-refractivity contribution in [3.8, 4) is 0 Å². The van der Waals surface area contributed by atoms with Crippen molar-refractivity contribution in [3.63, 3.8) is 0 Å². The van der Waals surface area contributed by atoms with Crippen LogP contribution in [0.1, 0.15) is 18.1 Å². The number of halogens is 2. The number of nitrogens with two attached hydrogens (primary N) is 1. The van der Waals surface area contributed by atoms with Gasteiger partial charge >= 0.3 is 0 Å². The number of aliphatic imine (C=N–C) groups is 1. The zero-order valence-electron chi connectivity index (χ0n) is 15.2. The molecule has 2 aromatic rings. The summed E-state index contributed by atoms with van der Waals surface area (Å²) >= 11 is 0. The van der Waals surface area contributed by atoms with Crippen molar-refractivity contribution in [2.75, 3.05) is 13.6 Å². The molecule has 0 saturated heterocycles. The fourth-order valence-electron chi connectivity index (χ4n) is 2.40. The van der Waals surface area contributed by atoms with Crippen LogP contribution in [0.5, 0.6) is 0 Å². The largest absolute Gasteiger partial charge is 0.357 e. The van der Waals surface area contributed by atoms with Crippen molar-refractivity contribution in [1.29, 1.82) is 0 Å². The minimum Gasteiger partial charge on any atom is -0.357 e. The first-order valence-corrected chi connectivity index (χ1v) is 9.70. The Bertz CT molecular complexity index is 873. The Balaban J connectivity index is 0.00000364. The van der Waals surface area contributed by atoms with E-state index < -0.39 is 10.0 Å². The molecule has 9 heteroatoms. The summed E-state index contributed by atoms with van der Waals surface area (Å²) in [5.74, 6) is 0.393. The number of sulfonamides is 1. The normalized spacial score (nSPS) is 11.6. The van der Waals surface area contributed by atoms with E-state index in [0.29, 0.717) is 25.6 Å². The first kappa shape index (κ1) is 23.3. The zero-order valence-corrected chi connectivity index (χ0v) is 18.4. The van der Waals surface area contributed by atoms with Crippen LogP contribution >= 0.6 is 24.0 Å². The maximum atomic E-state index is 13.0. The summed E-state index contributed by atoms with van der Waals surface area (Å²) in [5, 5.41) is 8.35. The van der Waals surface area contributed by atoms with Crippen molar-refractivity contribution in [2.45, 2.75) is 24.9 Å². The Morgan fingerprint density at radius 2 is 1.85 bits per heavy atom. The van der Waals surface area contributed by atoms with Crippen LogP contribution in [0.3, 0.4) is 0 Å². The van der Waals surface area contributed by atoms with Gasteiger partial charge in [0.15, 0.2) is 5.96 Å². The predicted molar refractivity (Wildman–Crippen MR) is 116 cm³/mol. The highest BCUT2D eigenvalue weighted by molar-refractivity contribution is 14.0. The zero-order chi connectivity index (χ0) is 19.2. The molecule has 3 N–H and O–H groups in total. The molecule has 148 valence electrons. The summed E-state index contributed by atoms with van der Waals surface area (Å²) in [5.41, 5.74) is 1.69. The number of nitrogens with zero attached hydrogens (tertiary/aromatic N) is 2. The maximum Gasteiger partial charge on any atom is 0.238 e. The van der Waals surface area contributed by atoms with E-state index in [0.717, 1.165) is 11.1 Å². The van der Waals surface area contributed by atoms with E-state index in [-0.39, 0.29) is 34.7 Å². The summed E-state index contributed by atoms with van der Waals surface area (Å²) in [4.78, 5) is 6.52. The molecule has 0 spiro atoms. The van der Waals surface area contributed by atoms with Crippen LogP contribution in [-0.4, -0.2) is 32.9 Å². The van der Waals surface area contributed by atoms with E-state index >= 15 is 0 Å². The Kier molecular flexibility index (Phi) is 9.13. The average Bonchev–Trinajstić information content (AvgIpc) is 2.60. The number of guanidine groups is 1. The van der Waals surface area contributed by atoms with Gasteiger partial charge in [-0.3, -0.25) is 0 Å². The van der Waals surface area contributed by atoms with E-state index in [1.807, 2.05) is 18.9 Å². The minimum absolute atomic E-state index is 0. The third-order valence-corrected chi connectivity index (χ3v) is 4.58. The van der Waals surface area contributed by atoms with Crippen LogP contribution in [0, 0.1) is 5.82 Å². The molecule has 0 atom stereocenters. The summed E-state index contributed by atoms with van der Waals surface area (Å²) in [6.07, 6.45) is 0. The molecule has 6 nitrogen and oxygen atoms in total. The molecule has 0 bridgehead atoms. The van der Waals surface area contributed by atoms with Crippen molar-refractivity contribution in [1.82, 2.24) is 10.2 Å². The molecule has 0 aliphatic heterocycles. The van der Waals surface area contributed by atoms with Crippen LogP contribution in [0.15, 0.2) is 58.4 Å². The smallest absolute Gasteiger partial charge is 0.238 e. The van der Waals surface area contributed by atoms with Gasteiger partial charge in [-0.25, -0.2) is 22.9 Å². The molecule has 0 amide bonds. The van der Waals surface area contributed by atoms with E-state index in [1.54, 1.807) is 24.3 Å². The van der Waals surface area contributed by atoms with Gasteiger partial charge in [-0.05, 0) is 42.3 Å². The second-order valence-electron chi connectivity index (χ2n) is 5.85. The van der Waals surface area contributed by atoms with Crippen molar-refractivity contribution in [2.24, 2.45) is 10.1 Å². The minimum atomic E-state index is -3.74. The van der Waals surface area contributed by atoms with Gasteiger partial charge in [0.05, 0.1) is 11.4 Å². The molecule has 2 rings (SSSR count). The Hall–Kier alpha value is -1.72. The molecule has 0 radical (unpaired) electrons. The lowest BCUT2D eigenvalue weighted by molar-refractivity contribution is 0.476. The standard InChI is InChI=1S/C18H23FN4O2S.HI/c1-3-21-18(23(2)13-14-7-9-16(19)10-8-14)22-12-15-5-4-6-17(11-15)26(20,24)25;/h4-11H,3,12-13H2,1-2H3,(H,21,22)(H2,20,24,25);1H. The molecule has 0 aliphatic rings. The van der Waals surface area contributed by atoms with Gasteiger partial charge in [0.25, 0.3) is 0 Å². The SMILES string of the molecule is CCNC(=NCc1cccc(S(N)(=O)=O)c1)N(C)Cc1ccc(F)cc1.I. The topological polar surface area (TPSA) is 87.8 Å². The highest BCUT2D eigenvalue weighted by Crippen LogP contribution is 2.11. The quantitative estimate of drug-likeness (QED) is 0.359. The van der Waals surface area contributed by atoms with Gasteiger partial charge in [-0.2, -0.15) is 0 Å². The maximum absolute atomic E-state index is 13.0. The number of primary sulfonamides is 1. The van der Waals surface area contributed by atoms with Crippen molar-refractivity contribution >= 4 is 40.0 Å². The van der Waals surface area contributed by atoms with Crippen LogP contribution in [0.4, 0.5) is 4.39 Å². The average molecular weight is 506 g/mol. The molecular weight excluding hydrogens is 482 g/mol. The first-order valence-electron chi connectivity index (χ1n) is 8.15. The monoisotopic (exact) mass is 506 g/mol. The molecule has 0 heterocycles. The Morgan fingerprint density at radius 3 is 2.44 bits per heavy atom. The van der Waals surface area contributed by atoms with Crippen LogP contribution in [0.25, 0.3) is 0 Å². The van der Waals surface area contributed by atoms with E-state index in [1.165, 1.54) is 24.3 Å². The highest BCUT2D eigenvalue weighted by Gasteiger charge is 2.09. The third kappa shape index (κ3) is 7.43. The first-order chi connectivity index (χ1) is 12.3. The molecular formula is C18H24FIN4O2S. The Labute approximate surface area is 176 Å². The molecule has 0 aromatic heterocycles. The van der Waals surface area contributed by atoms with Gasteiger partial charge in [-0.1, -0.05) is 24.3 Å². The van der Waals surface area contributed by atoms with Gasteiger partial charge in [-0.15, -0.1) is 24.0 Å². The molecule has 27 heavy (non-hydrogen) atoms. The molecule has 0 saturated carbocycles. The van der Waals surface area contributed by atoms with Gasteiger partial charge in [0, 0.05) is 20.1 Å². The fourth-order valence-corrected chi connectivity index (χ4v) is 2.98. The molecule has 0 unspecified atom stereocenters.